The lowest BCUT2D eigenvalue weighted by molar-refractivity contribution is -0.118. The van der Waals surface area contributed by atoms with Crippen LogP contribution in [0.1, 0.15) is 5.56 Å². The van der Waals surface area contributed by atoms with Gasteiger partial charge in [0.2, 0.25) is 5.91 Å². The summed E-state index contributed by atoms with van der Waals surface area (Å²) in [5.74, 6) is -0.380. The minimum absolute atomic E-state index is 0.00261. The molecular weight excluding hydrogens is 324 g/mol. The van der Waals surface area contributed by atoms with E-state index in [1.165, 1.54) is 0 Å². The highest BCUT2D eigenvalue weighted by molar-refractivity contribution is 7.92. The molecule has 1 amide bonds. The zero-order chi connectivity index (χ0) is 17.0. The molecule has 3 rings (SSSR count). The third-order valence-electron chi connectivity index (χ3n) is 4.12. The first-order valence-electron chi connectivity index (χ1n) is 7.90. The quantitative estimate of drug-likeness (QED) is 0.915. The summed E-state index contributed by atoms with van der Waals surface area (Å²) in [6.45, 7) is 0.908. The van der Waals surface area contributed by atoms with Gasteiger partial charge >= 0.3 is 0 Å². The Balaban J connectivity index is 1.93. The number of rotatable bonds is 4. The summed E-state index contributed by atoms with van der Waals surface area (Å²) in [5, 5.41) is 1.98. The number of nitrogens with zero attached hydrogens (tertiary/aromatic N) is 1. The number of carbonyl (C=O) groups is 1. The largest absolute Gasteiger partial charge is 0.314 e. The van der Waals surface area contributed by atoms with Gasteiger partial charge in [-0.1, -0.05) is 48.5 Å². The molecule has 0 aliphatic carbocycles. The fourth-order valence-electron chi connectivity index (χ4n) is 2.80. The number of anilines is 1. The van der Waals surface area contributed by atoms with Crippen LogP contribution in [0.4, 0.5) is 5.69 Å². The fourth-order valence-corrected chi connectivity index (χ4v) is 4.32. The number of nitrogens with one attached hydrogen (secondary N) is 1. The van der Waals surface area contributed by atoms with Gasteiger partial charge in [0, 0.05) is 18.8 Å². The van der Waals surface area contributed by atoms with Crippen LogP contribution in [0.5, 0.6) is 0 Å². The molecule has 1 heterocycles. The van der Waals surface area contributed by atoms with Gasteiger partial charge in [0.25, 0.3) is 0 Å². The molecule has 6 heteroatoms. The fraction of sp³-hybridized carbons (Fsp3) is 0.278. The average Bonchev–Trinajstić information content (AvgIpc) is 2.60. The number of para-hydroxylation sites is 1. The Morgan fingerprint density at radius 1 is 1.04 bits per heavy atom. The van der Waals surface area contributed by atoms with E-state index in [2.05, 4.69) is 5.32 Å². The van der Waals surface area contributed by atoms with Gasteiger partial charge in [-0.25, -0.2) is 8.42 Å². The molecule has 2 aromatic rings. The highest BCUT2D eigenvalue weighted by Crippen LogP contribution is 2.21. The summed E-state index contributed by atoms with van der Waals surface area (Å²) in [5.41, 5.74) is 1.66. The molecule has 0 saturated carbocycles. The number of hydrogen-bond acceptors (Lipinski definition) is 4. The van der Waals surface area contributed by atoms with E-state index in [1.54, 1.807) is 4.90 Å². The summed E-state index contributed by atoms with van der Waals surface area (Å²) < 4.78 is 24.6. The molecule has 1 unspecified atom stereocenters. The van der Waals surface area contributed by atoms with Crippen molar-refractivity contribution in [2.45, 2.75) is 11.8 Å². The van der Waals surface area contributed by atoms with Crippen molar-refractivity contribution in [1.82, 2.24) is 5.32 Å². The minimum Gasteiger partial charge on any atom is -0.314 e. The first-order valence-corrected chi connectivity index (χ1v) is 9.62. The lowest BCUT2D eigenvalue weighted by atomic mass is 10.1. The van der Waals surface area contributed by atoms with Gasteiger partial charge in [0.05, 0.1) is 12.3 Å². The summed E-state index contributed by atoms with van der Waals surface area (Å²) in [4.78, 5) is 14.6. The Morgan fingerprint density at radius 2 is 1.67 bits per heavy atom. The molecule has 2 aromatic carbocycles. The second-order valence-electron chi connectivity index (χ2n) is 5.81. The molecular formula is C18H20N2O3S. The van der Waals surface area contributed by atoms with E-state index in [0.29, 0.717) is 18.8 Å². The van der Waals surface area contributed by atoms with Crippen molar-refractivity contribution in [2.75, 3.05) is 23.7 Å². The molecule has 1 aliphatic heterocycles. The number of benzene rings is 2. The first kappa shape index (κ1) is 16.7. The Bertz CT molecular complexity index is 792. The Morgan fingerprint density at radius 3 is 2.29 bits per heavy atom. The van der Waals surface area contributed by atoms with E-state index < -0.39 is 15.1 Å². The van der Waals surface area contributed by atoms with Crippen molar-refractivity contribution in [3.8, 4) is 0 Å². The molecule has 24 heavy (non-hydrogen) atoms. The predicted molar refractivity (Wildman–Crippen MR) is 94.5 cm³/mol. The molecule has 0 radical (unpaired) electrons. The zero-order valence-corrected chi connectivity index (χ0v) is 14.1. The van der Waals surface area contributed by atoms with Crippen LogP contribution < -0.4 is 10.2 Å². The molecule has 1 fully saturated rings. The Kier molecular flexibility index (Phi) is 4.97. The van der Waals surface area contributed by atoms with Crippen molar-refractivity contribution in [1.29, 1.82) is 0 Å². The molecule has 1 N–H and O–H groups in total. The normalized spacial score (nSPS) is 19.6. The lowest BCUT2D eigenvalue weighted by Gasteiger charge is -2.29. The van der Waals surface area contributed by atoms with E-state index >= 15 is 0 Å². The topological polar surface area (TPSA) is 66.5 Å². The van der Waals surface area contributed by atoms with Gasteiger partial charge in [0.1, 0.15) is 0 Å². The number of carbonyl (C=O) groups excluding carboxylic acids is 1. The van der Waals surface area contributed by atoms with Crippen molar-refractivity contribution in [2.24, 2.45) is 0 Å². The van der Waals surface area contributed by atoms with E-state index in [0.717, 1.165) is 5.56 Å². The molecule has 0 aromatic heterocycles. The van der Waals surface area contributed by atoms with Crippen molar-refractivity contribution in [3.63, 3.8) is 0 Å². The first-order chi connectivity index (χ1) is 11.6. The van der Waals surface area contributed by atoms with Crippen LogP contribution in [0.15, 0.2) is 60.7 Å². The lowest BCUT2D eigenvalue weighted by Crippen LogP contribution is -2.53. The van der Waals surface area contributed by atoms with Crippen molar-refractivity contribution in [3.05, 3.63) is 66.2 Å². The monoisotopic (exact) mass is 344 g/mol. The second-order valence-corrected chi connectivity index (χ2v) is 8.11. The SMILES string of the molecule is O=C(C1CNCCS1(=O)=O)N(Cc1ccccc1)c1ccccc1. The highest BCUT2D eigenvalue weighted by atomic mass is 32.2. The van der Waals surface area contributed by atoms with Crippen LogP contribution in [0.25, 0.3) is 0 Å². The van der Waals surface area contributed by atoms with Crippen LogP contribution in [-0.4, -0.2) is 38.4 Å². The molecule has 1 aliphatic rings. The molecule has 126 valence electrons. The third-order valence-corrected chi connectivity index (χ3v) is 6.13. The van der Waals surface area contributed by atoms with Crippen molar-refractivity contribution >= 4 is 21.4 Å². The molecule has 0 spiro atoms. The second kappa shape index (κ2) is 7.15. The summed E-state index contributed by atoms with van der Waals surface area (Å²) in [6.07, 6.45) is 0. The highest BCUT2D eigenvalue weighted by Gasteiger charge is 2.37. The van der Waals surface area contributed by atoms with Crippen molar-refractivity contribution < 1.29 is 13.2 Å². The maximum Gasteiger partial charge on any atom is 0.246 e. The standard InChI is InChI=1S/C18H20N2O3S/c21-18(17-13-19-11-12-24(17,22)23)20(16-9-5-2-6-10-16)14-15-7-3-1-4-8-15/h1-10,17,19H,11-14H2. The van der Waals surface area contributed by atoms with E-state index in [1.807, 2.05) is 60.7 Å². The van der Waals surface area contributed by atoms with Crippen LogP contribution in [0, 0.1) is 0 Å². The van der Waals surface area contributed by atoms with Gasteiger partial charge in [-0.3, -0.25) is 4.79 Å². The number of amides is 1. The van der Waals surface area contributed by atoms with E-state index in [4.69, 9.17) is 0 Å². The van der Waals surface area contributed by atoms with Crippen LogP contribution in [-0.2, 0) is 21.2 Å². The minimum atomic E-state index is -3.42. The average molecular weight is 344 g/mol. The van der Waals surface area contributed by atoms with E-state index in [9.17, 15) is 13.2 Å². The van der Waals surface area contributed by atoms with Gasteiger partial charge < -0.3 is 10.2 Å². The third kappa shape index (κ3) is 3.66. The van der Waals surface area contributed by atoms with Gasteiger partial charge in [-0.2, -0.15) is 0 Å². The molecule has 0 bridgehead atoms. The van der Waals surface area contributed by atoms with Crippen LogP contribution in [0.2, 0.25) is 0 Å². The van der Waals surface area contributed by atoms with E-state index in [-0.39, 0.29) is 18.2 Å². The Hall–Kier alpha value is -2.18. The van der Waals surface area contributed by atoms with Gasteiger partial charge in [-0.15, -0.1) is 0 Å². The number of sulfone groups is 1. The van der Waals surface area contributed by atoms with Gasteiger partial charge in [0.15, 0.2) is 15.1 Å². The summed E-state index contributed by atoms with van der Waals surface area (Å²) in [7, 11) is -3.42. The maximum absolute atomic E-state index is 13.0. The van der Waals surface area contributed by atoms with Crippen LogP contribution >= 0.6 is 0 Å². The smallest absolute Gasteiger partial charge is 0.246 e. The molecule has 1 saturated heterocycles. The Labute approximate surface area is 142 Å². The maximum atomic E-state index is 13.0. The van der Waals surface area contributed by atoms with Gasteiger partial charge in [-0.05, 0) is 17.7 Å². The summed E-state index contributed by atoms with van der Waals surface area (Å²) in [6, 6.07) is 18.8. The zero-order valence-electron chi connectivity index (χ0n) is 13.3. The molecule has 5 nitrogen and oxygen atoms in total. The predicted octanol–water partition coefficient (Wildman–Crippen LogP) is 1.61. The molecule has 1 atom stereocenters. The summed E-state index contributed by atoms with van der Waals surface area (Å²) >= 11 is 0. The number of hydrogen-bond donors (Lipinski definition) is 1. The van der Waals surface area contributed by atoms with Crippen LogP contribution in [0.3, 0.4) is 0 Å².